The zero-order chi connectivity index (χ0) is 11.4. The maximum absolute atomic E-state index is 5.27. The highest BCUT2D eigenvalue weighted by molar-refractivity contribution is 8.03. The van der Waals surface area contributed by atoms with Crippen molar-refractivity contribution in [3.63, 3.8) is 0 Å². The molecule has 2 nitrogen and oxygen atoms in total. The van der Waals surface area contributed by atoms with Crippen LogP contribution in [0.1, 0.15) is 38.5 Å². The fourth-order valence-corrected chi connectivity index (χ4v) is 3.19. The highest BCUT2D eigenvalue weighted by atomic mass is 32.1. The van der Waals surface area contributed by atoms with Gasteiger partial charge in [-0.2, -0.15) is 0 Å². The predicted molar refractivity (Wildman–Crippen MR) is 74.2 cm³/mol. The maximum Gasteiger partial charge on any atom is 0.259 e. The van der Waals surface area contributed by atoms with E-state index < -0.39 is 0 Å². The molecule has 90 valence electrons. The average Bonchev–Trinajstić information content (AvgIpc) is 2.31. The Bertz CT molecular complexity index is 285. The minimum absolute atomic E-state index is 0.670. The van der Waals surface area contributed by atoms with Gasteiger partial charge < -0.3 is 24.8 Å². The van der Waals surface area contributed by atoms with E-state index in [9.17, 15) is 0 Å². The molecule has 0 saturated carbocycles. The van der Waals surface area contributed by atoms with Gasteiger partial charge in [0.1, 0.15) is 0 Å². The molecule has 0 aromatic carbocycles. The molecule has 2 aliphatic heterocycles. The first-order valence-corrected chi connectivity index (χ1v) is 7.19. The molecule has 0 atom stereocenters. The van der Waals surface area contributed by atoms with E-state index in [2.05, 4.69) is 9.48 Å². The second-order valence-electron chi connectivity index (χ2n) is 4.71. The largest absolute Gasteiger partial charge is 0.421 e. The Morgan fingerprint density at radius 1 is 0.938 bits per heavy atom. The van der Waals surface area contributed by atoms with Crippen molar-refractivity contribution in [1.82, 2.24) is 4.90 Å². The molecule has 0 bridgehead atoms. The first-order valence-electron chi connectivity index (χ1n) is 6.37. The molecule has 2 aliphatic rings. The third kappa shape index (κ3) is 2.92. The predicted octanol–water partition coefficient (Wildman–Crippen LogP) is 1.94. The van der Waals surface area contributed by atoms with Crippen molar-refractivity contribution in [2.24, 2.45) is 0 Å². The van der Waals surface area contributed by atoms with Gasteiger partial charge in [0.25, 0.3) is 5.84 Å². The number of thiocarbonyl (C=S) groups is 1. The van der Waals surface area contributed by atoms with Crippen LogP contribution in [0.5, 0.6) is 0 Å². The van der Waals surface area contributed by atoms with Gasteiger partial charge in [-0.15, -0.1) is 0 Å². The van der Waals surface area contributed by atoms with Crippen LogP contribution < -0.4 is 0 Å². The highest BCUT2D eigenvalue weighted by Gasteiger charge is 2.24. The standard InChI is InChI=1S/C12H20N2S2/c15-12(16)11(13-7-3-1-4-8-13)14-9-5-2-6-10-14/h1-10H2. The molecule has 0 aliphatic carbocycles. The third-order valence-electron chi connectivity index (χ3n) is 3.49. The van der Waals surface area contributed by atoms with Crippen molar-refractivity contribution >= 4 is 34.9 Å². The van der Waals surface area contributed by atoms with Gasteiger partial charge in [-0.1, -0.05) is 0 Å². The lowest BCUT2D eigenvalue weighted by Gasteiger charge is -2.29. The van der Waals surface area contributed by atoms with E-state index in [4.69, 9.17) is 24.8 Å². The van der Waals surface area contributed by atoms with E-state index in [1.54, 1.807) is 0 Å². The second kappa shape index (κ2) is 5.92. The lowest BCUT2D eigenvalue weighted by molar-refractivity contribution is -0.540. The molecule has 2 fully saturated rings. The molecule has 0 radical (unpaired) electrons. The summed E-state index contributed by atoms with van der Waals surface area (Å²) in [4.78, 5) is 2.42. The Morgan fingerprint density at radius 3 is 2.06 bits per heavy atom. The van der Waals surface area contributed by atoms with E-state index >= 15 is 0 Å². The lowest BCUT2D eigenvalue weighted by atomic mass is 10.1. The number of nitrogens with zero attached hydrogens (tertiary/aromatic N) is 2. The zero-order valence-corrected chi connectivity index (χ0v) is 11.4. The SMILES string of the molecule is S=C([S-])C(N1CCCCC1)=[N+]1CCCCC1. The topological polar surface area (TPSA) is 6.25 Å². The van der Waals surface area contributed by atoms with Crippen molar-refractivity contribution in [2.45, 2.75) is 38.5 Å². The number of amidine groups is 1. The number of hydrogen-bond donors (Lipinski definition) is 0. The molecule has 4 heteroatoms. The van der Waals surface area contributed by atoms with Crippen LogP contribution in [0.25, 0.3) is 0 Å². The van der Waals surface area contributed by atoms with Crippen molar-refractivity contribution in [2.75, 3.05) is 26.2 Å². The van der Waals surface area contributed by atoms with Gasteiger partial charge in [0.05, 0.1) is 26.2 Å². The molecule has 0 aromatic rings. The van der Waals surface area contributed by atoms with Crippen molar-refractivity contribution in [3.05, 3.63) is 0 Å². The van der Waals surface area contributed by atoms with Crippen LogP contribution in [0.2, 0.25) is 0 Å². The molecule has 0 spiro atoms. The summed E-state index contributed by atoms with van der Waals surface area (Å²) in [7, 11) is 0. The minimum Gasteiger partial charge on any atom is -0.421 e. The van der Waals surface area contributed by atoms with Gasteiger partial charge in [-0.3, -0.25) is 9.48 Å². The monoisotopic (exact) mass is 256 g/mol. The molecule has 2 heterocycles. The summed E-state index contributed by atoms with van der Waals surface area (Å²) >= 11 is 10.5. The molecular formula is C12H20N2S2. The maximum atomic E-state index is 5.27. The Morgan fingerprint density at radius 2 is 1.50 bits per heavy atom. The summed E-state index contributed by atoms with van der Waals surface area (Å²) in [5.74, 6) is 1.18. The molecular weight excluding hydrogens is 236 g/mol. The Hall–Kier alpha value is -0.220. The van der Waals surface area contributed by atoms with E-state index in [-0.39, 0.29) is 0 Å². The number of likely N-dealkylation sites (tertiary alicyclic amines) is 1. The van der Waals surface area contributed by atoms with Gasteiger partial charge in [-0.05, 0) is 42.7 Å². The van der Waals surface area contributed by atoms with Gasteiger partial charge in [0.2, 0.25) is 0 Å². The molecule has 0 amide bonds. The molecule has 16 heavy (non-hydrogen) atoms. The van der Waals surface area contributed by atoms with Crippen LogP contribution >= 0.6 is 12.2 Å². The number of piperidine rings is 2. The van der Waals surface area contributed by atoms with Crippen LogP contribution in [0.3, 0.4) is 0 Å². The quantitative estimate of drug-likeness (QED) is 0.306. The number of rotatable bonds is 1. The van der Waals surface area contributed by atoms with Crippen LogP contribution in [-0.2, 0) is 12.6 Å². The Labute approximate surface area is 109 Å². The molecule has 0 N–H and O–H groups in total. The van der Waals surface area contributed by atoms with Gasteiger partial charge in [0, 0.05) is 0 Å². The van der Waals surface area contributed by atoms with Crippen molar-refractivity contribution in [3.8, 4) is 0 Å². The van der Waals surface area contributed by atoms with E-state index in [0.717, 1.165) is 26.2 Å². The number of hydrogen-bond acceptors (Lipinski definition) is 2. The van der Waals surface area contributed by atoms with Crippen LogP contribution in [0.4, 0.5) is 0 Å². The summed E-state index contributed by atoms with van der Waals surface area (Å²) in [6.45, 7) is 4.57. The van der Waals surface area contributed by atoms with E-state index in [0.29, 0.717) is 4.20 Å². The Kier molecular flexibility index (Phi) is 4.53. The normalized spacial score (nSPS) is 22.0. The molecule has 2 saturated heterocycles. The summed E-state index contributed by atoms with van der Waals surface area (Å²) in [5, 5.41) is 0. The average molecular weight is 256 g/mol. The molecule has 0 aromatic heterocycles. The summed E-state index contributed by atoms with van der Waals surface area (Å²) < 4.78 is 3.09. The first-order chi connectivity index (χ1) is 7.79. The van der Waals surface area contributed by atoms with Gasteiger partial charge in [0.15, 0.2) is 0 Å². The third-order valence-corrected chi connectivity index (χ3v) is 3.86. The van der Waals surface area contributed by atoms with Crippen molar-refractivity contribution < 1.29 is 4.58 Å². The van der Waals surface area contributed by atoms with Crippen LogP contribution in [0, 0.1) is 0 Å². The minimum atomic E-state index is 0.670. The summed E-state index contributed by atoms with van der Waals surface area (Å²) in [6, 6.07) is 0. The molecule has 2 rings (SSSR count). The molecule has 0 unspecified atom stereocenters. The fraction of sp³-hybridized carbons (Fsp3) is 0.833. The second-order valence-corrected chi connectivity index (χ2v) is 5.78. The summed E-state index contributed by atoms with van der Waals surface area (Å²) in [5.41, 5.74) is 0. The highest BCUT2D eigenvalue weighted by Crippen LogP contribution is 2.12. The first kappa shape index (κ1) is 12.2. The van der Waals surface area contributed by atoms with Gasteiger partial charge >= 0.3 is 0 Å². The smallest absolute Gasteiger partial charge is 0.259 e. The van der Waals surface area contributed by atoms with E-state index in [1.165, 1.54) is 44.4 Å². The van der Waals surface area contributed by atoms with Gasteiger partial charge in [-0.25, -0.2) is 0 Å². The fourth-order valence-electron chi connectivity index (χ4n) is 2.67. The van der Waals surface area contributed by atoms with Crippen molar-refractivity contribution in [1.29, 1.82) is 0 Å². The zero-order valence-electron chi connectivity index (χ0n) is 9.78. The van der Waals surface area contributed by atoms with Crippen LogP contribution in [0.15, 0.2) is 0 Å². The summed E-state index contributed by atoms with van der Waals surface area (Å²) in [6.07, 6.45) is 7.86. The lowest BCUT2D eigenvalue weighted by Crippen LogP contribution is -2.46. The van der Waals surface area contributed by atoms with Crippen LogP contribution in [-0.4, -0.2) is 45.7 Å². The Balaban J connectivity index is 2.17. The van der Waals surface area contributed by atoms with E-state index in [1.807, 2.05) is 0 Å².